The molecule has 0 saturated carbocycles. The van der Waals surface area contributed by atoms with E-state index in [0.717, 1.165) is 15.6 Å². The van der Waals surface area contributed by atoms with Crippen LogP contribution in [-0.2, 0) is 10.2 Å². The lowest BCUT2D eigenvalue weighted by molar-refractivity contribution is -0.136. The number of allylic oxidation sites excluding steroid dienone is 1. The fraction of sp³-hybridized carbons (Fsp3) is 0.214. The number of esters is 1. The summed E-state index contributed by atoms with van der Waals surface area (Å²) in [6, 6.07) is 22.6. The van der Waals surface area contributed by atoms with Crippen LogP contribution in [0, 0.1) is 11.3 Å². The van der Waals surface area contributed by atoms with E-state index in [9.17, 15) is 10.1 Å². The van der Waals surface area contributed by atoms with Gasteiger partial charge < -0.3 is 19.9 Å². The zero-order chi connectivity index (χ0) is 25.2. The number of nitrogens with two attached hydrogens (primary N) is 1. The number of halogens is 1. The summed E-state index contributed by atoms with van der Waals surface area (Å²) in [4.78, 5) is 12.3. The molecule has 178 valence electrons. The molecule has 0 spiro atoms. The Hall–Kier alpha value is -3.76. The minimum Gasteiger partial charge on any atom is -0.482 e. The Morgan fingerprint density at radius 1 is 1.06 bits per heavy atom. The summed E-state index contributed by atoms with van der Waals surface area (Å²) in [6.45, 7) is 6.20. The second-order valence-electron chi connectivity index (χ2n) is 9.21. The Labute approximate surface area is 213 Å². The van der Waals surface area contributed by atoms with Gasteiger partial charge in [0.2, 0.25) is 5.88 Å². The normalized spacial score (nSPS) is 15.0. The number of benzene rings is 3. The van der Waals surface area contributed by atoms with Crippen LogP contribution in [0.25, 0.3) is 0 Å². The third kappa shape index (κ3) is 5.50. The van der Waals surface area contributed by atoms with Crippen LogP contribution in [0.3, 0.4) is 0 Å². The Balaban J connectivity index is 1.55. The number of fused-ring (bicyclic) bond motifs is 1. The van der Waals surface area contributed by atoms with E-state index < -0.39 is 5.97 Å². The molecule has 0 fully saturated rings. The number of hydrogen-bond donors (Lipinski definition) is 1. The van der Waals surface area contributed by atoms with Gasteiger partial charge in [0, 0.05) is 16.1 Å². The molecular formula is C28H25BrN2O4. The molecule has 1 aliphatic heterocycles. The maximum atomic E-state index is 12.3. The molecule has 2 N–H and O–H groups in total. The number of nitriles is 1. The van der Waals surface area contributed by atoms with E-state index in [2.05, 4.69) is 54.9 Å². The van der Waals surface area contributed by atoms with Crippen molar-refractivity contribution in [2.24, 2.45) is 5.73 Å². The first-order chi connectivity index (χ1) is 16.7. The maximum absolute atomic E-state index is 12.3. The first-order valence-corrected chi connectivity index (χ1v) is 11.9. The molecule has 0 radical (unpaired) electrons. The molecule has 6 nitrogen and oxygen atoms in total. The van der Waals surface area contributed by atoms with Gasteiger partial charge in [-0.05, 0) is 46.9 Å². The molecule has 1 unspecified atom stereocenters. The van der Waals surface area contributed by atoms with Crippen LogP contribution in [0.4, 0.5) is 0 Å². The van der Waals surface area contributed by atoms with Crippen molar-refractivity contribution < 1.29 is 19.0 Å². The first-order valence-electron chi connectivity index (χ1n) is 11.1. The molecule has 1 aliphatic rings. The van der Waals surface area contributed by atoms with Crippen molar-refractivity contribution in [3.8, 4) is 23.3 Å². The van der Waals surface area contributed by atoms with Gasteiger partial charge in [0.05, 0.1) is 5.92 Å². The average molecular weight is 533 g/mol. The summed E-state index contributed by atoms with van der Waals surface area (Å²) < 4.78 is 17.6. The summed E-state index contributed by atoms with van der Waals surface area (Å²) in [7, 11) is 0. The lowest BCUT2D eigenvalue weighted by Gasteiger charge is -2.27. The number of carbonyl (C=O) groups excluding carboxylic acids is 1. The van der Waals surface area contributed by atoms with E-state index in [-0.39, 0.29) is 23.8 Å². The Kier molecular flexibility index (Phi) is 6.86. The highest BCUT2D eigenvalue weighted by molar-refractivity contribution is 9.10. The van der Waals surface area contributed by atoms with Gasteiger partial charge in [0.25, 0.3) is 0 Å². The molecule has 3 aromatic rings. The van der Waals surface area contributed by atoms with E-state index in [0.29, 0.717) is 22.8 Å². The highest BCUT2D eigenvalue weighted by Gasteiger charge is 2.31. The third-order valence-electron chi connectivity index (χ3n) is 5.70. The molecule has 0 aliphatic carbocycles. The molecule has 1 atom stereocenters. The SMILES string of the molecule is CC(C)(C)c1ccc(C2C(C#N)=C(N)Oc3cc(OC(=O)COc4ccc(Br)cc4)ccc32)cc1. The fourth-order valence-electron chi connectivity index (χ4n) is 3.85. The third-order valence-corrected chi connectivity index (χ3v) is 6.23. The molecule has 0 amide bonds. The summed E-state index contributed by atoms with van der Waals surface area (Å²) in [5.41, 5.74) is 9.35. The van der Waals surface area contributed by atoms with E-state index in [1.54, 1.807) is 30.3 Å². The van der Waals surface area contributed by atoms with E-state index in [4.69, 9.17) is 19.9 Å². The Bertz CT molecular complexity index is 1320. The van der Waals surface area contributed by atoms with Gasteiger partial charge in [-0.3, -0.25) is 0 Å². The monoisotopic (exact) mass is 532 g/mol. The van der Waals surface area contributed by atoms with Crippen molar-refractivity contribution in [1.82, 2.24) is 0 Å². The van der Waals surface area contributed by atoms with Crippen molar-refractivity contribution in [1.29, 1.82) is 5.26 Å². The Morgan fingerprint density at radius 2 is 1.71 bits per heavy atom. The number of ether oxygens (including phenoxy) is 3. The zero-order valence-corrected chi connectivity index (χ0v) is 21.3. The van der Waals surface area contributed by atoms with Crippen LogP contribution in [0.5, 0.6) is 17.2 Å². The number of nitrogens with zero attached hydrogens (tertiary/aromatic N) is 1. The number of carbonyl (C=O) groups is 1. The first kappa shape index (κ1) is 24.4. The lowest BCUT2D eigenvalue weighted by Crippen LogP contribution is -2.22. The average Bonchev–Trinajstić information content (AvgIpc) is 2.82. The summed E-state index contributed by atoms with van der Waals surface area (Å²) >= 11 is 3.35. The quantitative estimate of drug-likeness (QED) is 0.322. The smallest absolute Gasteiger partial charge is 0.349 e. The summed E-state index contributed by atoms with van der Waals surface area (Å²) in [6.07, 6.45) is 0. The maximum Gasteiger partial charge on any atom is 0.349 e. The molecule has 0 bridgehead atoms. The van der Waals surface area contributed by atoms with Gasteiger partial charge in [0.1, 0.15) is 28.9 Å². The molecule has 0 saturated heterocycles. The molecule has 3 aromatic carbocycles. The van der Waals surface area contributed by atoms with Crippen molar-refractivity contribution in [3.05, 3.63) is 99.3 Å². The number of rotatable bonds is 5. The predicted octanol–water partition coefficient (Wildman–Crippen LogP) is 5.95. The van der Waals surface area contributed by atoms with E-state index in [1.165, 1.54) is 5.56 Å². The van der Waals surface area contributed by atoms with Crippen molar-refractivity contribution in [2.45, 2.75) is 32.1 Å². The topological polar surface area (TPSA) is 94.6 Å². The fourth-order valence-corrected chi connectivity index (χ4v) is 4.12. The molecule has 0 aromatic heterocycles. The van der Waals surface area contributed by atoms with Gasteiger partial charge in [-0.1, -0.05) is 67.0 Å². The summed E-state index contributed by atoms with van der Waals surface area (Å²) in [5, 5.41) is 9.79. The summed E-state index contributed by atoms with van der Waals surface area (Å²) in [5.74, 6) is 0.379. The van der Waals surface area contributed by atoms with Crippen LogP contribution < -0.4 is 19.9 Å². The van der Waals surface area contributed by atoms with Gasteiger partial charge >= 0.3 is 5.97 Å². The second kappa shape index (κ2) is 9.85. The van der Waals surface area contributed by atoms with Crippen molar-refractivity contribution in [2.75, 3.05) is 6.61 Å². The van der Waals surface area contributed by atoms with Gasteiger partial charge in [-0.2, -0.15) is 5.26 Å². The molecule has 4 rings (SSSR count). The van der Waals surface area contributed by atoms with Crippen LogP contribution in [0.15, 0.2) is 82.7 Å². The minimum atomic E-state index is -0.556. The predicted molar refractivity (Wildman–Crippen MR) is 136 cm³/mol. The van der Waals surface area contributed by atoms with Crippen molar-refractivity contribution >= 4 is 21.9 Å². The van der Waals surface area contributed by atoms with Gasteiger partial charge in [-0.15, -0.1) is 0 Å². The zero-order valence-electron chi connectivity index (χ0n) is 19.7. The van der Waals surface area contributed by atoms with E-state index >= 15 is 0 Å². The lowest BCUT2D eigenvalue weighted by atomic mass is 9.81. The number of hydrogen-bond acceptors (Lipinski definition) is 6. The van der Waals surface area contributed by atoms with E-state index in [1.807, 2.05) is 24.3 Å². The second-order valence-corrected chi connectivity index (χ2v) is 10.1. The molecular weight excluding hydrogens is 508 g/mol. The highest BCUT2D eigenvalue weighted by atomic mass is 79.9. The van der Waals surface area contributed by atoms with Crippen LogP contribution >= 0.6 is 15.9 Å². The van der Waals surface area contributed by atoms with Gasteiger partial charge in [-0.25, -0.2) is 4.79 Å². The van der Waals surface area contributed by atoms with Crippen LogP contribution in [-0.4, -0.2) is 12.6 Å². The molecule has 35 heavy (non-hydrogen) atoms. The standard InChI is InChI=1S/C28H25BrN2O4/c1-28(2,3)18-6-4-17(5-7-18)26-22-13-12-21(14-24(22)35-27(31)23(26)15-30)34-25(32)16-33-20-10-8-19(29)9-11-20/h4-14,26H,16,31H2,1-3H3. The van der Waals surface area contributed by atoms with Crippen LogP contribution in [0.2, 0.25) is 0 Å². The highest BCUT2D eigenvalue weighted by Crippen LogP contribution is 2.43. The van der Waals surface area contributed by atoms with Crippen LogP contribution in [0.1, 0.15) is 43.4 Å². The minimum absolute atomic E-state index is 0.0128. The largest absolute Gasteiger partial charge is 0.482 e. The van der Waals surface area contributed by atoms with Gasteiger partial charge in [0.15, 0.2) is 6.61 Å². The Morgan fingerprint density at radius 3 is 2.34 bits per heavy atom. The molecule has 7 heteroatoms. The van der Waals surface area contributed by atoms with Crippen molar-refractivity contribution in [3.63, 3.8) is 0 Å². The molecule has 1 heterocycles.